The maximum Gasteiger partial charge on any atom is 0.451 e. The molecule has 0 aromatic rings. The van der Waals surface area contributed by atoms with Gasteiger partial charge in [0.1, 0.15) is 11.7 Å². The van der Waals surface area contributed by atoms with Crippen LogP contribution in [-0.4, -0.2) is 53.0 Å². The van der Waals surface area contributed by atoms with E-state index in [4.69, 9.17) is 15.8 Å². The Balaban J connectivity index is 2.13. The van der Waals surface area contributed by atoms with Gasteiger partial charge < -0.3 is 26.2 Å². The standard InChI is InChI=1S/C13H24BFN2O4/c1-17-10-5-7-8(11(10)15)6-13(16,12(18)19)9(7)3-2-4-14(20)21/h7-11,17,20-21H,2-6,16H2,1H3,(H,18,19)/t7-,8-,9+,10-,11+,13+/m1/s1. The van der Waals surface area contributed by atoms with Gasteiger partial charge in [0.25, 0.3) is 0 Å². The second kappa shape index (κ2) is 6.20. The Hall–Kier alpha value is -0.695. The van der Waals surface area contributed by atoms with Gasteiger partial charge in [-0.05, 0) is 50.4 Å². The Bertz CT molecular complexity index is 400. The summed E-state index contributed by atoms with van der Waals surface area (Å²) in [7, 11) is 0.309. The SMILES string of the molecule is CN[C@@H]1C[C@@H]2[C@@H](C[C@@](N)(C(=O)O)[C@H]2CCCB(O)O)[C@@H]1F. The van der Waals surface area contributed by atoms with Gasteiger partial charge in [-0.1, -0.05) is 6.42 Å². The number of hydrogen-bond acceptors (Lipinski definition) is 5. The largest absolute Gasteiger partial charge is 0.480 e. The number of nitrogens with one attached hydrogen (secondary N) is 1. The van der Waals surface area contributed by atoms with Crippen molar-refractivity contribution in [2.24, 2.45) is 23.5 Å². The minimum absolute atomic E-state index is 0.0608. The molecule has 0 saturated heterocycles. The first-order valence-electron chi connectivity index (χ1n) is 7.51. The van der Waals surface area contributed by atoms with Gasteiger partial charge >= 0.3 is 13.1 Å². The van der Waals surface area contributed by atoms with Crippen LogP contribution in [0.3, 0.4) is 0 Å². The fraction of sp³-hybridized carbons (Fsp3) is 0.923. The fourth-order valence-corrected chi connectivity index (χ4v) is 4.30. The first-order chi connectivity index (χ1) is 9.81. The van der Waals surface area contributed by atoms with E-state index >= 15 is 0 Å². The van der Waals surface area contributed by atoms with E-state index in [-0.39, 0.29) is 36.5 Å². The van der Waals surface area contributed by atoms with Crippen LogP contribution < -0.4 is 11.1 Å². The summed E-state index contributed by atoms with van der Waals surface area (Å²) in [6.45, 7) is 0. The molecule has 2 rings (SSSR count). The third-order valence-electron chi connectivity index (χ3n) is 5.37. The Labute approximate surface area is 124 Å². The van der Waals surface area contributed by atoms with Crippen LogP contribution in [0.2, 0.25) is 6.32 Å². The van der Waals surface area contributed by atoms with Crippen molar-refractivity contribution >= 4 is 13.1 Å². The molecule has 0 aromatic carbocycles. The Morgan fingerprint density at radius 1 is 1.48 bits per heavy atom. The van der Waals surface area contributed by atoms with E-state index in [0.29, 0.717) is 19.3 Å². The minimum atomic E-state index is -1.40. The molecular formula is C13H24BFN2O4. The van der Waals surface area contributed by atoms with E-state index in [1.54, 1.807) is 7.05 Å². The third-order valence-corrected chi connectivity index (χ3v) is 5.37. The summed E-state index contributed by atoms with van der Waals surface area (Å²) in [5, 5.41) is 30.2. The number of carboxylic acid groups (broad SMARTS) is 1. The summed E-state index contributed by atoms with van der Waals surface area (Å²) in [6.07, 6.45) is 0.789. The maximum absolute atomic E-state index is 14.4. The van der Waals surface area contributed by atoms with Crippen molar-refractivity contribution in [2.75, 3.05) is 7.05 Å². The number of nitrogens with two attached hydrogens (primary N) is 1. The van der Waals surface area contributed by atoms with Crippen LogP contribution in [0, 0.1) is 17.8 Å². The molecule has 21 heavy (non-hydrogen) atoms. The number of hydrogen-bond donors (Lipinski definition) is 5. The van der Waals surface area contributed by atoms with Crippen molar-refractivity contribution < 1.29 is 24.3 Å². The lowest BCUT2D eigenvalue weighted by Crippen LogP contribution is -2.53. The molecule has 120 valence electrons. The highest BCUT2D eigenvalue weighted by molar-refractivity contribution is 6.40. The first-order valence-corrected chi connectivity index (χ1v) is 7.51. The normalized spacial score (nSPS) is 42.0. The van der Waals surface area contributed by atoms with Crippen molar-refractivity contribution in [3.63, 3.8) is 0 Å². The second-order valence-corrected chi connectivity index (χ2v) is 6.47. The Morgan fingerprint density at radius 3 is 2.67 bits per heavy atom. The zero-order valence-electron chi connectivity index (χ0n) is 12.2. The highest BCUT2D eigenvalue weighted by Crippen LogP contribution is 2.54. The van der Waals surface area contributed by atoms with Crippen LogP contribution in [0.1, 0.15) is 25.7 Å². The number of carbonyl (C=O) groups is 1. The summed E-state index contributed by atoms with van der Waals surface area (Å²) >= 11 is 0. The lowest BCUT2D eigenvalue weighted by atomic mass is 9.75. The molecule has 6 N–H and O–H groups in total. The summed E-state index contributed by atoms with van der Waals surface area (Å²) in [5.74, 6) is -1.79. The van der Waals surface area contributed by atoms with E-state index < -0.39 is 24.8 Å². The van der Waals surface area contributed by atoms with Gasteiger partial charge in [-0.15, -0.1) is 0 Å². The molecule has 0 amide bonds. The molecule has 2 fully saturated rings. The molecule has 0 aliphatic heterocycles. The predicted molar refractivity (Wildman–Crippen MR) is 76.2 cm³/mol. The van der Waals surface area contributed by atoms with Crippen LogP contribution in [0.15, 0.2) is 0 Å². The number of fused-ring (bicyclic) bond motifs is 1. The molecular weight excluding hydrogens is 278 g/mol. The highest BCUT2D eigenvalue weighted by Gasteiger charge is 2.61. The lowest BCUT2D eigenvalue weighted by molar-refractivity contribution is -0.145. The van der Waals surface area contributed by atoms with E-state index in [9.17, 15) is 14.3 Å². The summed E-state index contributed by atoms with van der Waals surface area (Å²) in [6, 6.07) is -0.246. The Morgan fingerprint density at radius 2 is 2.14 bits per heavy atom. The van der Waals surface area contributed by atoms with E-state index in [0.717, 1.165) is 0 Å². The molecule has 2 saturated carbocycles. The topological polar surface area (TPSA) is 116 Å². The second-order valence-electron chi connectivity index (χ2n) is 6.47. The van der Waals surface area contributed by atoms with Gasteiger partial charge in [-0.2, -0.15) is 0 Å². The van der Waals surface area contributed by atoms with Gasteiger partial charge in [0.15, 0.2) is 0 Å². The lowest BCUT2D eigenvalue weighted by Gasteiger charge is -2.31. The van der Waals surface area contributed by atoms with Crippen molar-refractivity contribution in [2.45, 2.75) is 49.8 Å². The number of alkyl halides is 1. The number of carboxylic acids is 1. The summed E-state index contributed by atoms with van der Waals surface area (Å²) in [4.78, 5) is 11.6. The molecule has 8 heteroatoms. The van der Waals surface area contributed by atoms with E-state index in [1.807, 2.05) is 0 Å². The molecule has 0 bridgehead atoms. The monoisotopic (exact) mass is 302 g/mol. The zero-order valence-corrected chi connectivity index (χ0v) is 12.2. The van der Waals surface area contributed by atoms with Crippen LogP contribution >= 0.6 is 0 Å². The molecule has 0 aromatic heterocycles. The van der Waals surface area contributed by atoms with Crippen molar-refractivity contribution in [1.29, 1.82) is 0 Å². The molecule has 2 aliphatic rings. The maximum atomic E-state index is 14.4. The van der Waals surface area contributed by atoms with E-state index in [1.165, 1.54) is 0 Å². The quantitative estimate of drug-likeness (QED) is 0.427. The van der Waals surface area contributed by atoms with Crippen LogP contribution in [-0.2, 0) is 4.79 Å². The van der Waals surface area contributed by atoms with Crippen LogP contribution in [0.25, 0.3) is 0 Å². The van der Waals surface area contributed by atoms with Gasteiger partial charge in [-0.25, -0.2) is 4.39 Å². The fourth-order valence-electron chi connectivity index (χ4n) is 4.30. The number of aliphatic carboxylic acids is 1. The predicted octanol–water partition coefficient (Wildman–Crippen LogP) is -0.396. The first kappa shape index (κ1) is 16.7. The number of rotatable bonds is 6. The van der Waals surface area contributed by atoms with E-state index in [2.05, 4.69) is 5.32 Å². The Kier molecular flexibility index (Phi) is 4.92. The molecule has 0 heterocycles. The molecule has 6 atom stereocenters. The third kappa shape index (κ3) is 2.95. The molecule has 6 nitrogen and oxygen atoms in total. The molecule has 2 aliphatic carbocycles. The van der Waals surface area contributed by atoms with Crippen molar-refractivity contribution in [1.82, 2.24) is 5.32 Å². The average Bonchev–Trinajstić information content (AvgIpc) is 2.85. The average molecular weight is 302 g/mol. The zero-order chi connectivity index (χ0) is 15.8. The molecule has 0 unspecified atom stereocenters. The van der Waals surface area contributed by atoms with Gasteiger partial charge in [-0.3, -0.25) is 4.79 Å². The highest BCUT2D eigenvalue weighted by atomic mass is 19.1. The van der Waals surface area contributed by atoms with Crippen molar-refractivity contribution in [3.05, 3.63) is 0 Å². The van der Waals surface area contributed by atoms with Gasteiger partial charge in [0.05, 0.1) is 0 Å². The van der Waals surface area contributed by atoms with Crippen LogP contribution in [0.5, 0.6) is 0 Å². The summed E-state index contributed by atoms with van der Waals surface area (Å²) < 4.78 is 14.4. The number of halogens is 1. The smallest absolute Gasteiger partial charge is 0.451 e. The van der Waals surface area contributed by atoms with Crippen LogP contribution in [0.4, 0.5) is 4.39 Å². The minimum Gasteiger partial charge on any atom is -0.480 e. The van der Waals surface area contributed by atoms with Gasteiger partial charge in [0, 0.05) is 6.04 Å². The van der Waals surface area contributed by atoms with Crippen molar-refractivity contribution in [3.8, 4) is 0 Å². The molecule has 0 radical (unpaired) electrons. The molecule has 0 spiro atoms. The van der Waals surface area contributed by atoms with Gasteiger partial charge in [0.2, 0.25) is 0 Å². The summed E-state index contributed by atoms with van der Waals surface area (Å²) in [5.41, 5.74) is 4.69.